The van der Waals surface area contributed by atoms with Crippen LogP contribution in [0.25, 0.3) is 0 Å². The maximum absolute atomic E-state index is 12.9. The highest BCUT2D eigenvalue weighted by molar-refractivity contribution is 7.47. The molecule has 79 heavy (non-hydrogen) atoms. The van der Waals surface area contributed by atoms with Gasteiger partial charge in [-0.1, -0.05) is 225 Å². The molecule has 0 spiro atoms. The summed E-state index contributed by atoms with van der Waals surface area (Å²) in [5.74, 6) is -1.57. The third-order valence-corrected chi connectivity index (χ3v) is 15.6. The normalized spacial score (nSPS) is 14.6. The molecular formula is C61H116O16P2. The molecule has 0 amide bonds. The zero-order chi connectivity index (χ0) is 58.2. The molecule has 0 heterocycles. The van der Waals surface area contributed by atoms with Gasteiger partial charge in [0.25, 0.3) is 0 Å². The van der Waals surface area contributed by atoms with E-state index in [1.54, 1.807) is 0 Å². The van der Waals surface area contributed by atoms with Crippen LogP contribution < -0.4 is 0 Å². The number of ether oxygens (including phenoxy) is 3. The molecule has 0 aromatic rings. The van der Waals surface area contributed by atoms with Crippen LogP contribution in [-0.2, 0) is 55.8 Å². The summed E-state index contributed by atoms with van der Waals surface area (Å²) in [7, 11) is -9.75. The average Bonchev–Trinajstić information content (AvgIpc) is 3.42. The van der Waals surface area contributed by atoms with E-state index < -0.39 is 91.5 Å². The van der Waals surface area contributed by atoms with Gasteiger partial charge in [0.1, 0.15) is 25.4 Å². The first-order valence-corrected chi connectivity index (χ1v) is 34.6. The van der Waals surface area contributed by atoms with E-state index in [0.29, 0.717) is 19.3 Å². The Morgan fingerprint density at radius 2 is 0.595 bits per heavy atom. The molecular weight excluding hydrogens is 1050 g/mol. The second-order valence-corrected chi connectivity index (χ2v) is 24.5. The number of phosphoric ester groups is 2. The summed E-state index contributed by atoms with van der Waals surface area (Å²) < 4.78 is 60.7. The Hall–Kier alpha value is -1.97. The molecule has 0 bridgehead atoms. The number of hydrogen-bond donors (Lipinski definition) is 4. The number of hydrogen-bond acceptors (Lipinski definition) is 14. The number of carbonyl (C=O) groups excluding carboxylic acids is 3. The van der Waals surface area contributed by atoms with Crippen LogP contribution in [0.3, 0.4) is 0 Å². The van der Waals surface area contributed by atoms with Gasteiger partial charge in [0.2, 0.25) is 0 Å². The second-order valence-electron chi connectivity index (χ2n) is 21.6. The monoisotopic (exact) mass is 1170 g/mol. The number of carbonyl (C=O) groups is 3. The number of aliphatic hydroxyl groups excluding tert-OH is 2. The molecule has 0 aromatic heterocycles. The Morgan fingerprint density at radius 1 is 0.342 bits per heavy atom. The Labute approximate surface area is 480 Å². The minimum absolute atomic E-state index is 0.101. The number of esters is 3. The number of phosphoric acid groups is 2. The Balaban J connectivity index is 4.66. The molecule has 18 heteroatoms. The topological polar surface area (TPSA) is 231 Å². The van der Waals surface area contributed by atoms with Gasteiger partial charge >= 0.3 is 33.6 Å². The van der Waals surface area contributed by atoms with E-state index in [1.165, 1.54) is 135 Å². The highest BCUT2D eigenvalue weighted by Crippen LogP contribution is 2.45. The molecule has 0 saturated heterocycles. The van der Waals surface area contributed by atoms with Crippen LogP contribution in [0.5, 0.6) is 0 Å². The van der Waals surface area contributed by atoms with Gasteiger partial charge in [0.15, 0.2) is 6.10 Å². The fourth-order valence-corrected chi connectivity index (χ4v) is 10.3. The quantitative estimate of drug-likeness (QED) is 0.0146. The van der Waals surface area contributed by atoms with Gasteiger partial charge in [-0.15, -0.1) is 0 Å². The summed E-state index contributed by atoms with van der Waals surface area (Å²) in [5, 5.41) is 20.5. The Morgan fingerprint density at radius 3 is 0.937 bits per heavy atom. The third-order valence-electron chi connectivity index (χ3n) is 13.6. The van der Waals surface area contributed by atoms with Crippen LogP contribution in [0.2, 0.25) is 0 Å². The predicted molar refractivity (Wildman–Crippen MR) is 316 cm³/mol. The van der Waals surface area contributed by atoms with Crippen molar-refractivity contribution in [2.75, 3.05) is 39.6 Å². The van der Waals surface area contributed by atoms with E-state index in [0.717, 1.165) is 96.3 Å². The first kappa shape index (κ1) is 77.0. The molecule has 0 aliphatic heterocycles. The molecule has 16 nitrogen and oxygen atoms in total. The fourth-order valence-electron chi connectivity index (χ4n) is 8.74. The standard InChI is InChI=1S/C61H116O16P2/c1-4-7-10-13-16-19-22-25-27-30-32-35-38-41-44-47-59(64)71-50-56(62)51-73-78(67,68)74-52-57(63)53-75-79(69,70)76-55-58(77-61(66)49-46-43-40-37-34-29-24-21-18-15-12-9-6-3)54-72-60(65)48-45-42-39-36-33-31-28-26-23-20-17-14-11-8-5-2/h21,24-25,27,56-58,62-63H,4-20,22-23,26,28-55H2,1-3H3,(H,67,68)(H,69,70)/b24-21-,27-25-. The summed E-state index contributed by atoms with van der Waals surface area (Å²) in [4.78, 5) is 58.1. The largest absolute Gasteiger partial charge is 0.472 e. The van der Waals surface area contributed by atoms with Crippen LogP contribution in [0, 0.1) is 0 Å². The fraction of sp³-hybridized carbons (Fsp3) is 0.885. The van der Waals surface area contributed by atoms with E-state index in [2.05, 4.69) is 45.1 Å². The van der Waals surface area contributed by atoms with Crippen molar-refractivity contribution in [3.8, 4) is 0 Å². The van der Waals surface area contributed by atoms with Crippen molar-refractivity contribution in [2.45, 2.75) is 309 Å². The van der Waals surface area contributed by atoms with Crippen molar-refractivity contribution >= 4 is 33.6 Å². The molecule has 4 N–H and O–H groups in total. The Bertz CT molecular complexity index is 1560. The smallest absolute Gasteiger partial charge is 0.463 e. The van der Waals surface area contributed by atoms with Crippen LogP contribution in [-0.4, -0.2) is 95.9 Å². The van der Waals surface area contributed by atoms with Gasteiger partial charge in [0.05, 0.1) is 26.4 Å². The first-order valence-electron chi connectivity index (χ1n) is 31.6. The lowest BCUT2D eigenvalue weighted by Crippen LogP contribution is -2.30. The van der Waals surface area contributed by atoms with Crippen molar-refractivity contribution < 1.29 is 75.8 Å². The molecule has 0 fully saturated rings. The minimum atomic E-state index is -4.91. The molecule has 0 saturated carbocycles. The highest BCUT2D eigenvalue weighted by atomic mass is 31.2. The lowest BCUT2D eigenvalue weighted by atomic mass is 10.0. The summed E-state index contributed by atoms with van der Waals surface area (Å²) >= 11 is 0. The Kier molecular flexibility index (Phi) is 55.1. The van der Waals surface area contributed by atoms with Crippen LogP contribution in [0.15, 0.2) is 24.3 Å². The van der Waals surface area contributed by atoms with Crippen molar-refractivity contribution in [1.82, 2.24) is 0 Å². The zero-order valence-electron chi connectivity index (χ0n) is 50.1. The molecule has 0 aromatic carbocycles. The van der Waals surface area contributed by atoms with Crippen molar-refractivity contribution in [2.24, 2.45) is 0 Å². The molecule has 466 valence electrons. The SMILES string of the molecule is CCCCCC/C=C\CCCCCCCC(=O)OC(COC(=O)CCCCCCCCCCCCCCCCC)COP(=O)(O)OCC(O)COP(=O)(O)OCC(O)COC(=O)CCCCCCC/C=C\CCCCCCCC. The van der Waals surface area contributed by atoms with E-state index in [1.807, 2.05) is 0 Å². The predicted octanol–water partition coefficient (Wildman–Crippen LogP) is 16.5. The van der Waals surface area contributed by atoms with Gasteiger partial charge in [-0.2, -0.15) is 0 Å². The van der Waals surface area contributed by atoms with E-state index >= 15 is 0 Å². The first-order chi connectivity index (χ1) is 38.2. The lowest BCUT2D eigenvalue weighted by molar-refractivity contribution is -0.161. The van der Waals surface area contributed by atoms with Gasteiger partial charge in [-0.25, -0.2) is 9.13 Å². The molecule has 0 aliphatic rings. The summed E-state index contributed by atoms with van der Waals surface area (Å²) in [6.45, 7) is 2.66. The maximum Gasteiger partial charge on any atom is 0.472 e. The lowest BCUT2D eigenvalue weighted by Gasteiger charge is -2.21. The van der Waals surface area contributed by atoms with Crippen LogP contribution in [0.1, 0.15) is 290 Å². The van der Waals surface area contributed by atoms with Gasteiger partial charge in [-0.3, -0.25) is 32.5 Å². The highest BCUT2D eigenvalue weighted by Gasteiger charge is 2.29. The van der Waals surface area contributed by atoms with E-state index in [-0.39, 0.29) is 19.3 Å². The summed E-state index contributed by atoms with van der Waals surface area (Å²) in [6.07, 6.45) is 49.5. The van der Waals surface area contributed by atoms with Crippen molar-refractivity contribution in [3.63, 3.8) is 0 Å². The van der Waals surface area contributed by atoms with Gasteiger partial charge in [-0.05, 0) is 70.6 Å². The van der Waals surface area contributed by atoms with Crippen LogP contribution in [0.4, 0.5) is 0 Å². The van der Waals surface area contributed by atoms with Crippen molar-refractivity contribution in [1.29, 1.82) is 0 Å². The summed E-state index contributed by atoms with van der Waals surface area (Å²) in [6, 6.07) is 0. The minimum Gasteiger partial charge on any atom is -0.463 e. The van der Waals surface area contributed by atoms with E-state index in [9.17, 15) is 43.5 Å². The zero-order valence-corrected chi connectivity index (χ0v) is 51.9. The number of rotatable bonds is 61. The third kappa shape index (κ3) is 57.6. The second kappa shape index (κ2) is 56.5. The van der Waals surface area contributed by atoms with Crippen molar-refractivity contribution in [3.05, 3.63) is 24.3 Å². The van der Waals surface area contributed by atoms with Gasteiger partial charge < -0.3 is 34.2 Å². The number of unbranched alkanes of at least 4 members (excludes halogenated alkanes) is 34. The van der Waals surface area contributed by atoms with E-state index in [4.69, 9.17) is 32.3 Å². The molecule has 5 atom stereocenters. The number of allylic oxidation sites excluding steroid dienone is 4. The van der Waals surface area contributed by atoms with Gasteiger partial charge in [0, 0.05) is 19.3 Å². The maximum atomic E-state index is 12.9. The molecule has 0 radical (unpaired) electrons. The molecule has 5 unspecified atom stereocenters. The number of aliphatic hydroxyl groups is 2. The summed E-state index contributed by atoms with van der Waals surface area (Å²) in [5.41, 5.74) is 0. The molecule has 0 aliphatic carbocycles. The molecule has 0 rings (SSSR count). The average molecular weight is 1170 g/mol. The van der Waals surface area contributed by atoms with Crippen LogP contribution >= 0.6 is 15.6 Å².